The van der Waals surface area contributed by atoms with E-state index in [1.54, 1.807) is 48.5 Å². The molecular formula is C54H51Cl4F2N3O8. The van der Waals surface area contributed by atoms with Crippen molar-refractivity contribution < 1.29 is 47.4 Å². The van der Waals surface area contributed by atoms with Crippen molar-refractivity contribution in [3.63, 3.8) is 0 Å². The van der Waals surface area contributed by atoms with Gasteiger partial charge in [-0.3, -0.25) is 4.79 Å². The summed E-state index contributed by atoms with van der Waals surface area (Å²) >= 11 is 25.7. The molecule has 4 saturated carbocycles. The van der Waals surface area contributed by atoms with E-state index in [0.717, 1.165) is 48.3 Å². The number of rotatable bonds is 15. The molecule has 0 radical (unpaired) electrons. The monoisotopic (exact) mass is 1050 g/mol. The van der Waals surface area contributed by atoms with Gasteiger partial charge in [-0.25, -0.2) is 15.4 Å². The molecule has 0 atom stereocenters. The minimum atomic E-state index is -1.37. The number of aliphatic carboxylic acids is 1. The maximum atomic E-state index is 14.6. The zero-order valence-electron chi connectivity index (χ0n) is 38.5. The van der Waals surface area contributed by atoms with Crippen LogP contribution in [0.25, 0.3) is 27.4 Å². The fraction of sp³-hybridized carbons (Fsp3) is 0.407. The zero-order valence-corrected chi connectivity index (χ0v) is 41.6. The van der Waals surface area contributed by atoms with Crippen molar-refractivity contribution in [3.8, 4) is 22.5 Å². The van der Waals surface area contributed by atoms with Gasteiger partial charge in [-0.2, -0.15) is 0 Å². The van der Waals surface area contributed by atoms with Crippen molar-refractivity contribution in [2.45, 2.75) is 138 Å². The summed E-state index contributed by atoms with van der Waals surface area (Å²) in [6, 6.07) is 19.3. The van der Waals surface area contributed by atoms with Crippen LogP contribution < -0.4 is 0 Å². The molecule has 3 N–H and O–H groups in total. The van der Waals surface area contributed by atoms with Gasteiger partial charge in [0.05, 0.1) is 63.1 Å². The summed E-state index contributed by atoms with van der Waals surface area (Å²) in [5.74, 6) is 0.272. The van der Waals surface area contributed by atoms with Gasteiger partial charge in [-0.15, -0.1) is 0 Å². The number of ether oxygens (including phenoxy) is 2. The highest BCUT2D eigenvalue weighted by Crippen LogP contribution is 2.49. The van der Waals surface area contributed by atoms with E-state index in [1.807, 2.05) is 0 Å². The maximum Gasteiger partial charge on any atom is 0.307 e. The van der Waals surface area contributed by atoms with Crippen LogP contribution in [0.15, 0.2) is 81.8 Å². The minimum absolute atomic E-state index is 0.0960. The fourth-order valence-corrected chi connectivity index (χ4v) is 11.0. The number of aromatic nitrogens is 2. The van der Waals surface area contributed by atoms with Gasteiger partial charge in [-0.05, 0) is 137 Å². The first kappa shape index (κ1) is 51.0. The van der Waals surface area contributed by atoms with Crippen molar-refractivity contribution >= 4 is 52.4 Å². The summed E-state index contributed by atoms with van der Waals surface area (Å²) in [6.45, 7) is 7.77. The number of halogens is 6. The smallest absolute Gasteiger partial charge is 0.307 e. The van der Waals surface area contributed by atoms with Crippen LogP contribution in [-0.4, -0.2) is 43.8 Å². The third kappa shape index (κ3) is 11.5. The number of hydrogen-bond acceptors (Lipinski definition) is 9. The van der Waals surface area contributed by atoms with Crippen LogP contribution in [0, 0.1) is 18.2 Å². The highest BCUT2D eigenvalue weighted by molar-refractivity contribution is 6.39. The lowest BCUT2D eigenvalue weighted by Crippen LogP contribution is -2.35. The van der Waals surface area contributed by atoms with Gasteiger partial charge in [0, 0.05) is 50.8 Å². The molecule has 0 unspecified atom stereocenters. The molecule has 11 nitrogen and oxygen atoms in total. The highest BCUT2D eigenvalue weighted by Gasteiger charge is 2.41. The molecular weight excluding hydrogens is 998 g/mol. The van der Waals surface area contributed by atoms with Gasteiger partial charge in [0.1, 0.15) is 34.5 Å². The number of nitrogens with zero attached hydrogens (tertiary/aromatic N) is 3. The topological polar surface area (TPSA) is 153 Å². The molecule has 0 bridgehead atoms. The molecule has 10 rings (SSSR count). The molecule has 4 aliphatic rings. The predicted octanol–water partition coefficient (Wildman–Crippen LogP) is 14.1. The molecule has 0 aliphatic heterocycles. The van der Waals surface area contributed by atoms with E-state index in [0.29, 0.717) is 124 Å². The third-order valence-corrected chi connectivity index (χ3v) is 15.3. The van der Waals surface area contributed by atoms with Gasteiger partial charge in [0.15, 0.2) is 0 Å². The van der Waals surface area contributed by atoms with Crippen molar-refractivity contribution in [1.29, 1.82) is 0 Å². The summed E-state index contributed by atoms with van der Waals surface area (Å²) in [6.07, 6.45) is 7.22. The fourth-order valence-electron chi connectivity index (χ4n) is 9.84. The molecule has 2 heterocycles. The Morgan fingerprint density at radius 2 is 1.04 bits per heavy atom. The first-order chi connectivity index (χ1) is 34.1. The Labute approximate surface area is 429 Å². The average molecular weight is 1050 g/mol. The summed E-state index contributed by atoms with van der Waals surface area (Å²) in [5.41, 5.74) is 3.06. The first-order valence-corrected chi connectivity index (χ1v) is 25.3. The Hall–Kier alpha value is -4.88. The standard InChI is InChI=1S/C27H25Cl2FN2O3.C27H26Cl2FNO5/c1-31-14-16-5-8-23(30)20(13-16)27(33)11-9-18(10-12-27)34-15-19-25(32-35-26(19)17-6-7-17)24-21(28)3-2-4-22(24)29;28-20-2-1-3-21(29)24(20)25-18(26(36-31-25)16-5-6-16)14-35-17-8-10-27(34,11-9-17)19-12-15(13-23(32)33)4-7-22(19)30/h2-5,8,13,17-18,33H,6-7,9-12,14-15H2;1-4,7,12,16-17,34H,5-6,8-11,13-14H2,(H,32,33). The summed E-state index contributed by atoms with van der Waals surface area (Å²) in [4.78, 5) is 14.4. The molecule has 4 aromatic carbocycles. The third-order valence-electron chi connectivity index (χ3n) is 14.1. The van der Waals surface area contributed by atoms with E-state index in [1.165, 1.54) is 24.3 Å². The van der Waals surface area contributed by atoms with Crippen molar-refractivity contribution in [1.82, 2.24) is 10.3 Å². The Balaban J connectivity index is 0.000000176. The largest absolute Gasteiger partial charge is 0.481 e. The Morgan fingerprint density at radius 1 is 0.648 bits per heavy atom. The van der Waals surface area contributed by atoms with Crippen LogP contribution in [0.2, 0.25) is 20.1 Å². The second-order valence-corrected chi connectivity index (χ2v) is 20.7. The molecule has 0 saturated heterocycles. The number of aliphatic hydroxyl groups is 2. The normalized spacial score (nSPS) is 22.1. The Kier molecular flexibility index (Phi) is 15.6. The lowest BCUT2D eigenvalue weighted by molar-refractivity contribution is -0.136. The van der Waals surface area contributed by atoms with Crippen LogP contribution in [0.1, 0.15) is 134 Å². The second kappa shape index (κ2) is 21.7. The number of carboxylic acids is 1. The predicted molar refractivity (Wildman–Crippen MR) is 264 cm³/mol. The molecule has 0 spiro atoms. The first-order valence-electron chi connectivity index (χ1n) is 23.8. The lowest BCUT2D eigenvalue weighted by atomic mass is 9.78. The Morgan fingerprint density at radius 3 is 1.42 bits per heavy atom. The summed E-state index contributed by atoms with van der Waals surface area (Å²) in [7, 11) is 0. The van der Waals surface area contributed by atoms with Crippen LogP contribution in [0.4, 0.5) is 8.78 Å². The number of benzene rings is 4. The van der Waals surface area contributed by atoms with Crippen molar-refractivity contribution in [3.05, 3.63) is 161 Å². The number of hydrogen-bond donors (Lipinski definition) is 3. The van der Waals surface area contributed by atoms with Crippen LogP contribution in [0.5, 0.6) is 0 Å². The minimum Gasteiger partial charge on any atom is -0.481 e. The highest BCUT2D eigenvalue weighted by atomic mass is 35.5. The van der Waals surface area contributed by atoms with E-state index in [2.05, 4.69) is 15.2 Å². The van der Waals surface area contributed by atoms with E-state index < -0.39 is 28.8 Å². The molecule has 17 heteroatoms. The summed E-state index contributed by atoms with van der Waals surface area (Å²) < 4.78 is 53.1. The zero-order chi connectivity index (χ0) is 50.0. The molecule has 2 aromatic heterocycles. The average Bonchev–Trinajstić information content (AvgIpc) is 4.29. The van der Waals surface area contributed by atoms with Crippen LogP contribution >= 0.6 is 46.4 Å². The van der Waals surface area contributed by atoms with Gasteiger partial charge in [-0.1, -0.05) is 74.9 Å². The van der Waals surface area contributed by atoms with Gasteiger partial charge >= 0.3 is 5.97 Å². The van der Waals surface area contributed by atoms with E-state index in [-0.39, 0.29) is 42.9 Å². The lowest BCUT2D eigenvalue weighted by Gasteiger charge is -2.36. The maximum absolute atomic E-state index is 14.6. The molecule has 0 amide bonds. The summed E-state index contributed by atoms with van der Waals surface area (Å²) in [5, 5.41) is 42.1. The number of carboxylic acid groups (broad SMARTS) is 1. The molecule has 4 aliphatic carbocycles. The van der Waals surface area contributed by atoms with Crippen molar-refractivity contribution in [2.75, 3.05) is 0 Å². The van der Waals surface area contributed by atoms with Crippen molar-refractivity contribution in [2.24, 2.45) is 0 Å². The van der Waals surface area contributed by atoms with Gasteiger partial charge in [0.2, 0.25) is 6.54 Å². The van der Waals surface area contributed by atoms with E-state index in [9.17, 15) is 23.8 Å². The van der Waals surface area contributed by atoms with E-state index in [4.69, 9.17) is 76.6 Å². The molecule has 372 valence electrons. The van der Waals surface area contributed by atoms with Crippen LogP contribution in [-0.2, 0) is 51.6 Å². The SMILES string of the molecule is O=C(O)Cc1ccc(F)c(C2(O)CCC(OCc3c(-c4c(Cl)cccc4Cl)noc3C3CC3)CC2)c1.[C-]#[N+]Cc1ccc(F)c(C2(O)CCC(OCc3c(-c4c(Cl)cccc4Cl)noc3C3CC3)CC2)c1. The molecule has 71 heavy (non-hydrogen) atoms. The molecule has 4 fully saturated rings. The second-order valence-electron chi connectivity index (χ2n) is 19.1. The molecule has 6 aromatic rings. The van der Waals surface area contributed by atoms with E-state index >= 15 is 0 Å². The van der Waals surface area contributed by atoms with Gasteiger partial charge in [0.25, 0.3) is 0 Å². The number of carbonyl (C=O) groups is 1. The quantitative estimate of drug-likeness (QED) is 0.0847. The van der Waals surface area contributed by atoms with Gasteiger partial charge < -0.3 is 38.7 Å². The van der Waals surface area contributed by atoms with Crippen LogP contribution in [0.3, 0.4) is 0 Å². The Bertz CT molecular complexity index is 2910.